The highest BCUT2D eigenvalue weighted by Gasteiger charge is 2.27. The van der Waals surface area contributed by atoms with Gasteiger partial charge < -0.3 is 9.88 Å². The van der Waals surface area contributed by atoms with Crippen molar-refractivity contribution in [3.05, 3.63) is 57.0 Å². The van der Waals surface area contributed by atoms with Gasteiger partial charge in [0.25, 0.3) is 5.56 Å². The maximum absolute atomic E-state index is 13.3. The van der Waals surface area contributed by atoms with Crippen molar-refractivity contribution in [3.63, 3.8) is 0 Å². The Morgan fingerprint density at radius 3 is 2.52 bits per heavy atom. The molecule has 0 saturated carbocycles. The van der Waals surface area contributed by atoms with Crippen LogP contribution in [0.1, 0.15) is 35.2 Å². The molecule has 1 aromatic carbocycles. The number of anilines is 2. The summed E-state index contributed by atoms with van der Waals surface area (Å²) in [6, 6.07) is 9.61. The summed E-state index contributed by atoms with van der Waals surface area (Å²) in [5, 5.41) is 9.28. The number of aryl methyl sites for hydroxylation is 1. The predicted octanol–water partition coefficient (Wildman–Crippen LogP) is 2.61. The molecule has 0 atom stereocenters. The average Bonchev–Trinajstić information content (AvgIpc) is 2.90. The Balaban J connectivity index is 1.66. The summed E-state index contributed by atoms with van der Waals surface area (Å²) < 4.78 is 0. The normalized spacial score (nSPS) is 13.6. The van der Waals surface area contributed by atoms with E-state index in [1.165, 1.54) is 0 Å². The van der Waals surface area contributed by atoms with Gasteiger partial charge in [0.05, 0.1) is 11.0 Å². The maximum Gasteiger partial charge on any atom is 0.266 e. The summed E-state index contributed by atoms with van der Waals surface area (Å²) in [5.74, 6) is 1.23. The zero-order chi connectivity index (χ0) is 22.1. The fourth-order valence-corrected chi connectivity index (χ4v) is 4.13. The van der Waals surface area contributed by atoms with Crippen LogP contribution >= 0.6 is 0 Å². The number of nitrogens with one attached hydrogen (secondary N) is 1. The number of amides is 1. The molecule has 2 aromatic heterocycles. The van der Waals surface area contributed by atoms with Crippen molar-refractivity contribution in [2.75, 3.05) is 29.9 Å². The van der Waals surface area contributed by atoms with Gasteiger partial charge in [0, 0.05) is 32.3 Å². The number of hydrogen-bond donors (Lipinski definition) is 1. The lowest BCUT2D eigenvalue weighted by molar-refractivity contribution is -0.118. The highest BCUT2D eigenvalue weighted by molar-refractivity contribution is 5.97. The molecular formula is C23H24N6O2. The first-order chi connectivity index (χ1) is 14.9. The topological polar surface area (TPSA) is 106 Å². The van der Waals surface area contributed by atoms with Crippen LogP contribution in [0.5, 0.6) is 0 Å². The smallest absolute Gasteiger partial charge is 0.266 e. The van der Waals surface area contributed by atoms with Gasteiger partial charge in [-0.1, -0.05) is 12.1 Å². The zero-order valence-electron chi connectivity index (χ0n) is 17.9. The summed E-state index contributed by atoms with van der Waals surface area (Å²) in [4.78, 5) is 41.3. The molecule has 0 unspecified atom stereocenters. The summed E-state index contributed by atoms with van der Waals surface area (Å²) >= 11 is 0. The lowest BCUT2D eigenvalue weighted by Crippen LogP contribution is -2.33. The number of hydrogen-bond acceptors (Lipinski definition) is 6. The van der Waals surface area contributed by atoms with E-state index in [1.54, 1.807) is 18.7 Å². The molecule has 0 spiro atoms. The minimum Gasteiger partial charge on any atom is -0.357 e. The number of aromatic amines is 1. The van der Waals surface area contributed by atoms with Crippen LogP contribution < -0.4 is 15.4 Å². The molecule has 31 heavy (non-hydrogen) atoms. The number of rotatable bonds is 3. The highest BCUT2D eigenvalue weighted by atomic mass is 16.2. The lowest BCUT2D eigenvalue weighted by Gasteiger charge is -2.23. The molecule has 3 aromatic rings. The molecule has 158 valence electrons. The molecule has 1 N–H and O–H groups in total. The van der Waals surface area contributed by atoms with Gasteiger partial charge in [0.1, 0.15) is 11.6 Å². The Morgan fingerprint density at radius 1 is 1.16 bits per heavy atom. The van der Waals surface area contributed by atoms with Crippen molar-refractivity contribution in [3.8, 4) is 6.07 Å². The Hall–Kier alpha value is -3.73. The number of H-pyrrole nitrogens is 1. The van der Waals surface area contributed by atoms with Crippen LogP contribution in [0.3, 0.4) is 0 Å². The SMILES string of the molecule is Cc1[nH]c(=O)c(C#N)c(C)c1CCC(=O)N1CCCN(C)c2nc3ccccc3nc21. The van der Waals surface area contributed by atoms with E-state index in [2.05, 4.69) is 4.98 Å². The third kappa shape index (κ3) is 3.75. The number of carbonyl (C=O) groups excluding carboxylic acids is 1. The van der Waals surface area contributed by atoms with Crippen LogP contribution in [0, 0.1) is 25.2 Å². The van der Waals surface area contributed by atoms with Gasteiger partial charge in [0.2, 0.25) is 5.91 Å². The molecule has 1 amide bonds. The molecule has 0 fully saturated rings. The predicted molar refractivity (Wildman–Crippen MR) is 119 cm³/mol. The minimum absolute atomic E-state index is 0.0513. The number of aromatic nitrogens is 3. The molecular weight excluding hydrogens is 392 g/mol. The van der Waals surface area contributed by atoms with E-state index in [0.717, 1.165) is 29.6 Å². The van der Waals surface area contributed by atoms with Crippen LogP contribution in [-0.2, 0) is 11.2 Å². The van der Waals surface area contributed by atoms with Crippen molar-refractivity contribution in [1.29, 1.82) is 5.26 Å². The fraction of sp³-hybridized carbons (Fsp3) is 0.348. The zero-order valence-corrected chi connectivity index (χ0v) is 17.9. The summed E-state index contributed by atoms with van der Waals surface area (Å²) in [6.07, 6.45) is 1.49. The van der Waals surface area contributed by atoms with Crippen LogP contribution in [0.15, 0.2) is 29.1 Å². The summed E-state index contributed by atoms with van der Waals surface area (Å²) in [6.45, 7) is 4.90. The van der Waals surface area contributed by atoms with E-state index in [4.69, 9.17) is 9.97 Å². The Labute approximate surface area is 180 Å². The van der Waals surface area contributed by atoms with Gasteiger partial charge in [-0.2, -0.15) is 5.26 Å². The van der Waals surface area contributed by atoms with Crippen molar-refractivity contribution >= 4 is 28.6 Å². The van der Waals surface area contributed by atoms with Gasteiger partial charge in [-0.15, -0.1) is 0 Å². The van der Waals surface area contributed by atoms with Crippen LogP contribution in [0.2, 0.25) is 0 Å². The van der Waals surface area contributed by atoms with Gasteiger partial charge in [-0.25, -0.2) is 9.97 Å². The van der Waals surface area contributed by atoms with E-state index >= 15 is 0 Å². The van der Waals surface area contributed by atoms with Gasteiger partial charge in [-0.3, -0.25) is 14.5 Å². The number of benzene rings is 1. The average molecular weight is 416 g/mol. The number of fused-ring (bicyclic) bond motifs is 2. The summed E-state index contributed by atoms with van der Waals surface area (Å²) in [5.41, 5.74) is 3.42. The van der Waals surface area contributed by atoms with Gasteiger partial charge in [-0.05, 0) is 49.9 Å². The highest BCUT2D eigenvalue weighted by Crippen LogP contribution is 2.30. The van der Waals surface area contributed by atoms with Crippen LogP contribution in [0.25, 0.3) is 11.0 Å². The monoisotopic (exact) mass is 416 g/mol. The number of carbonyl (C=O) groups is 1. The van der Waals surface area contributed by atoms with Gasteiger partial charge in [0.15, 0.2) is 11.6 Å². The second kappa shape index (κ2) is 8.19. The molecule has 0 bridgehead atoms. The summed E-state index contributed by atoms with van der Waals surface area (Å²) in [7, 11) is 1.96. The Morgan fingerprint density at radius 2 is 1.84 bits per heavy atom. The molecule has 0 aliphatic carbocycles. The number of para-hydroxylation sites is 2. The quantitative estimate of drug-likeness (QED) is 0.703. The van der Waals surface area contributed by atoms with Crippen molar-refractivity contribution in [2.45, 2.75) is 33.1 Å². The molecule has 1 aliphatic heterocycles. The first-order valence-electron chi connectivity index (χ1n) is 10.3. The maximum atomic E-state index is 13.3. The Kier molecular flexibility index (Phi) is 5.42. The van der Waals surface area contributed by atoms with Crippen molar-refractivity contribution < 1.29 is 4.79 Å². The second-order valence-electron chi connectivity index (χ2n) is 7.85. The van der Waals surface area contributed by atoms with Gasteiger partial charge >= 0.3 is 0 Å². The first-order valence-corrected chi connectivity index (χ1v) is 10.3. The van der Waals surface area contributed by atoms with E-state index < -0.39 is 0 Å². The first kappa shape index (κ1) is 20.5. The molecule has 0 saturated heterocycles. The largest absolute Gasteiger partial charge is 0.357 e. The lowest BCUT2D eigenvalue weighted by atomic mass is 9.99. The number of nitrogens with zero attached hydrogens (tertiary/aromatic N) is 5. The van der Waals surface area contributed by atoms with Crippen LogP contribution in [-0.4, -0.2) is 41.0 Å². The third-order valence-electron chi connectivity index (χ3n) is 5.84. The molecule has 1 aliphatic rings. The van der Waals surface area contributed by atoms with Crippen molar-refractivity contribution in [2.24, 2.45) is 0 Å². The molecule has 4 rings (SSSR count). The molecule has 8 heteroatoms. The molecule has 0 radical (unpaired) electrons. The fourth-order valence-electron chi connectivity index (χ4n) is 4.13. The van der Waals surface area contributed by atoms with E-state index in [0.29, 0.717) is 35.9 Å². The van der Waals surface area contributed by atoms with Crippen molar-refractivity contribution in [1.82, 2.24) is 15.0 Å². The second-order valence-corrected chi connectivity index (χ2v) is 7.85. The van der Waals surface area contributed by atoms with E-state index in [-0.39, 0.29) is 23.5 Å². The Bertz CT molecular complexity index is 1270. The van der Waals surface area contributed by atoms with E-state index in [9.17, 15) is 14.9 Å². The standard InChI is InChI=1S/C23H24N6O2/c1-14-16(15(2)25-23(31)17(14)13-24)9-10-20(30)29-12-6-11-28(3)21-22(29)27-19-8-5-4-7-18(19)26-21/h4-5,7-8H,6,9-12H2,1-3H3,(H,25,31). The van der Waals surface area contributed by atoms with Crippen LogP contribution in [0.4, 0.5) is 11.6 Å². The third-order valence-corrected chi connectivity index (χ3v) is 5.84. The number of nitriles is 1. The molecule has 8 nitrogen and oxygen atoms in total. The molecule has 3 heterocycles. The minimum atomic E-state index is -0.390. The van der Waals surface area contributed by atoms with E-state index in [1.807, 2.05) is 42.3 Å². The number of pyridine rings is 1.